The first-order valence-electron chi connectivity index (χ1n) is 7.19. The summed E-state index contributed by atoms with van der Waals surface area (Å²) in [5, 5.41) is 0. The van der Waals surface area contributed by atoms with Crippen LogP contribution in [0.25, 0.3) is 0 Å². The fraction of sp³-hybridized carbons (Fsp3) is 0.471. The first-order valence-corrected chi connectivity index (χ1v) is 7.19. The predicted molar refractivity (Wildman–Crippen MR) is 82.4 cm³/mol. The topological polar surface area (TPSA) is 20.3 Å². The van der Waals surface area contributed by atoms with Gasteiger partial charge < -0.3 is 4.90 Å². The SMILES string of the molecule is C=C(C)C(=O)N(CCCCCCC)c1ccccc1. The normalized spacial score (nSPS) is 10.2. The minimum Gasteiger partial charge on any atom is -0.309 e. The van der Waals surface area contributed by atoms with Crippen LogP contribution in [0, 0.1) is 0 Å². The van der Waals surface area contributed by atoms with Crippen LogP contribution in [0.4, 0.5) is 5.69 Å². The van der Waals surface area contributed by atoms with Gasteiger partial charge in [-0.15, -0.1) is 0 Å². The Morgan fingerprint density at radius 2 is 1.74 bits per heavy atom. The van der Waals surface area contributed by atoms with E-state index in [2.05, 4.69) is 13.5 Å². The summed E-state index contributed by atoms with van der Waals surface area (Å²) in [7, 11) is 0. The second kappa shape index (κ2) is 8.52. The van der Waals surface area contributed by atoms with Crippen molar-refractivity contribution in [3.63, 3.8) is 0 Å². The summed E-state index contributed by atoms with van der Waals surface area (Å²) in [4.78, 5) is 14.0. The lowest BCUT2D eigenvalue weighted by Crippen LogP contribution is -2.32. The van der Waals surface area contributed by atoms with Crippen LogP contribution in [0.3, 0.4) is 0 Å². The minimum absolute atomic E-state index is 0.0293. The monoisotopic (exact) mass is 259 g/mol. The molecule has 2 heteroatoms. The van der Waals surface area contributed by atoms with E-state index in [1.54, 1.807) is 6.92 Å². The fourth-order valence-corrected chi connectivity index (χ4v) is 2.06. The number of unbranched alkanes of at least 4 members (excludes halogenated alkanes) is 4. The zero-order valence-electron chi connectivity index (χ0n) is 12.2. The van der Waals surface area contributed by atoms with Gasteiger partial charge in [0.15, 0.2) is 0 Å². The third kappa shape index (κ3) is 5.29. The number of carbonyl (C=O) groups excluding carboxylic acids is 1. The first kappa shape index (κ1) is 15.5. The molecular weight excluding hydrogens is 234 g/mol. The summed E-state index contributed by atoms with van der Waals surface area (Å²) in [6, 6.07) is 9.85. The Labute approximate surface area is 117 Å². The van der Waals surface area contributed by atoms with Crippen molar-refractivity contribution in [3.05, 3.63) is 42.5 Å². The van der Waals surface area contributed by atoms with E-state index >= 15 is 0 Å². The van der Waals surface area contributed by atoms with Gasteiger partial charge in [0.25, 0.3) is 5.91 Å². The van der Waals surface area contributed by atoms with E-state index in [1.165, 1.54) is 25.7 Å². The van der Waals surface area contributed by atoms with Crippen LogP contribution in [0.15, 0.2) is 42.5 Å². The van der Waals surface area contributed by atoms with Gasteiger partial charge in [0, 0.05) is 17.8 Å². The molecule has 0 unspecified atom stereocenters. The summed E-state index contributed by atoms with van der Waals surface area (Å²) < 4.78 is 0. The van der Waals surface area contributed by atoms with Crippen molar-refractivity contribution >= 4 is 11.6 Å². The molecule has 0 aromatic heterocycles. The highest BCUT2D eigenvalue weighted by Gasteiger charge is 2.15. The largest absolute Gasteiger partial charge is 0.309 e. The Kier molecular flexibility index (Phi) is 6.94. The molecule has 2 nitrogen and oxygen atoms in total. The summed E-state index contributed by atoms with van der Waals surface area (Å²) in [6.07, 6.45) is 6.00. The third-order valence-electron chi connectivity index (χ3n) is 3.16. The molecule has 0 fully saturated rings. The van der Waals surface area contributed by atoms with Crippen molar-refractivity contribution in [3.8, 4) is 0 Å². The lowest BCUT2D eigenvalue weighted by molar-refractivity contribution is -0.115. The molecule has 0 radical (unpaired) electrons. The molecule has 19 heavy (non-hydrogen) atoms. The average Bonchev–Trinajstić information content (AvgIpc) is 2.43. The predicted octanol–water partition coefficient (Wildman–Crippen LogP) is 4.57. The van der Waals surface area contributed by atoms with Gasteiger partial charge in [-0.05, 0) is 25.5 Å². The van der Waals surface area contributed by atoms with Crippen molar-refractivity contribution < 1.29 is 4.79 Å². The fourth-order valence-electron chi connectivity index (χ4n) is 2.06. The maximum absolute atomic E-state index is 12.2. The maximum Gasteiger partial charge on any atom is 0.253 e. The molecule has 0 aliphatic carbocycles. The molecule has 1 aromatic rings. The number of hydrogen-bond donors (Lipinski definition) is 0. The standard InChI is InChI=1S/C17H25NO/c1-4-5-6-7-11-14-18(17(19)15(2)3)16-12-9-8-10-13-16/h8-10,12-13H,2,4-7,11,14H2,1,3H3. The molecular formula is C17H25NO. The molecule has 0 atom stereocenters. The molecule has 0 heterocycles. The van der Waals surface area contributed by atoms with Gasteiger partial charge >= 0.3 is 0 Å². The highest BCUT2D eigenvalue weighted by Crippen LogP contribution is 2.17. The number of hydrogen-bond acceptors (Lipinski definition) is 1. The second-order valence-electron chi connectivity index (χ2n) is 4.99. The van der Waals surface area contributed by atoms with Crippen LogP contribution < -0.4 is 4.90 Å². The molecule has 0 aliphatic heterocycles. The Morgan fingerprint density at radius 1 is 1.11 bits per heavy atom. The highest BCUT2D eigenvalue weighted by molar-refractivity contribution is 6.04. The van der Waals surface area contributed by atoms with Crippen molar-refractivity contribution in [1.29, 1.82) is 0 Å². The van der Waals surface area contributed by atoms with E-state index in [0.29, 0.717) is 5.57 Å². The van der Waals surface area contributed by atoms with Crippen molar-refractivity contribution in [1.82, 2.24) is 0 Å². The van der Waals surface area contributed by atoms with E-state index in [0.717, 1.165) is 18.7 Å². The molecule has 1 rings (SSSR count). The number of nitrogens with zero attached hydrogens (tertiary/aromatic N) is 1. The summed E-state index contributed by atoms with van der Waals surface area (Å²) in [5.41, 5.74) is 1.56. The zero-order valence-corrected chi connectivity index (χ0v) is 12.2. The average molecular weight is 259 g/mol. The molecule has 0 aliphatic rings. The van der Waals surface area contributed by atoms with Gasteiger partial charge in [-0.3, -0.25) is 4.79 Å². The number of amides is 1. The Morgan fingerprint density at radius 3 is 2.32 bits per heavy atom. The van der Waals surface area contributed by atoms with Crippen molar-refractivity contribution in [2.45, 2.75) is 46.0 Å². The minimum atomic E-state index is 0.0293. The van der Waals surface area contributed by atoms with Crippen LogP contribution in [-0.4, -0.2) is 12.5 Å². The number of anilines is 1. The summed E-state index contributed by atoms with van der Waals surface area (Å²) in [6.45, 7) is 8.53. The number of para-hydroxylation sites is 1. The van der Waals surface area contributed by atoms with E-state index in [1.807, 2.05) is 35.2 Å². The third-order valence-corrected chi connectivity index (χ3v) is 3.16. The quantitative estimate of drug-likeness (QED) is 0.495. The Bertz CT molecular complexity index is 397. The zero-order chi connectivity index (χ0) is 14.1. The lowest BCUT2D eigenvalue weighted by Gasteiger charge is -2.23. The van der Waals surface area contributed by atoms with Crippen LogP contribution in [0.2, 0.25) is 0 Å². The van der Waals surface area contributed by atoms with Gasteiger partial charge in [0.05, 0.1) is 0 Å². The van der Waals surface area contributed by atoms with Gasteiger partial charge in [-0.1, -0.05) is 57.4 Å². The van der Waals surface area contributed by atoms with Gasteiger partial charge in [0.1, 0.15) is 0 Å². The second-order valence-corrected chi connectivity index (χ2v) is 4.99. The summed E-state index contributed by atoms with van der Waals surface area (Å²) >= 11 is 0. The van der Waals surface area contributed by atoms with Crippen LogP contribution in [-0.2, 0) is 4.79 Å². The number of benzene rings is 1. The van der Waals surface area contributed by atoms with E-state index < -0.39 is 0 Å². The van der Waals surface area contributed by atoms with Crippen molar-refractivity contribution in [2.24, 2.45) is 0 Å². The van der Waals surface area contributed by atoms with E-state index in [-0.39, 0.29) is 5.91 Å². The molecule has 1 amide bonds. The highest BCUT2D eigenvalue weighted by atomic mass is 16.2. The number of rotatable bonds is 8. The molecule has 0 spiro atoms. The summed E-state index contributed by atoms with van der Waals surface area (Å²) in [5.74, 6) is 0.0293. The molecule has 0 bridgehead atoms. The number of carbonyl (C=O) groups is 1. The first-order chi connectivity index (χ1) is 9.16. The molecule has 1 aromatic carbocycles. The van der Waals surface area contributed by atoms with Crippen LogP contribution in [0.5, 0.6) is 0 Å². The van der Waals surface area contributed by atoms with Gasteiger partial charge in [-0.25, -0.2) is 0 Å². The van der Waals surface area contributed by atoms with Gasteiger partial charge in [0.2, 0.25) is 0 Å². The molecule has 0 saturated carbocycles. The smallest absolute Gasteiger partial charge is 0.253 e. The van der Waals surface area contributed by atoms with Crippen LogP contribution in [0.1, 0.15) is 46.0 Å². The van der Waals surface area contributed by atoms with Crippen molar-refractivity contribution in [2.75, 3.05) is 11.4 Å². The maximum atomic E-state index is 12.2. The van der Waals surface area contributed by atoms with E-state index in [9.17, 15) is 4.79 Å². The van der Waals surface area contributed by atoms with Crippen LogP contribution >= 0.6 is 0 Å². The molecule has 104 valence electrons. The van der Waals surface area contributed by atoms with E-state index in [4.69, 9.17) is 0 Å². The van der Waals surface area contributed by atoms with Gasteiger partial charge in [-0.2, -0.15) is 0 Å². The Balaban J connectivity index is 2.61. The molecule has 0 N–H and O–H groups in total. The Hall–Kier alpha value is -1.57. The molecule has 0 saturated heterocycles. The lowest BCUT2D eigenvalue weighted by atomic mass is 10.1.